The fourth-order valence-electron chi connectivity index (χ4n) is 1.18. The summed E-state index contributed by atoms with van der Waals surface area (Å²) in [5, 5.41) is 0. The smallest absolute Gasteiger partial charge is 0.122 e. The van der Waals surface area contributed by atoms with E-state index in [1.54, 1.807) is 0 Å². The summed E-state index contributed by atoms with van der Waals surface area (Å²) >= 11 is 5.60. The third kappa shape index (κ3) is 3.08. The van der Waals surface area contributed by atoms with Crippen LogP contribution in [-0.2, 0) is 0 Å². The molecular weight excluding hydrogens is 196 g/mol. The van der Waals surface area contributed by atoms with Crippen LogP contribution < -0.4 is 4.74 Å². The van der Waals surface area contributed by atoms with Gasteiger partial charge in [-0.15, -0.1) is 11.6 Å². The first-order valence-corrected chi connectivity index (χ1v) is 5.09. The molecule has 0 atom stereocenters. The van der Waals surface area contributed by atoms with Gasteiger partial charge in [-0.3, -0.25) is 0 Å². The first-order chi connectivity index (χ1) is 6.63. The Labute approximate surface area is 90.3 Å². The van der Waals surface area contributed by atoms with Gasteiger partial charge in [-0.2, -0.15) is 0 Å². The van der Waals surface area contributed by atoms with Gasteiger partial charge in [0.05, 0.1) is 0 Å². The Hall–Kier alpha value is -0.950. The number of benzene rings is 1. The van der Waals surface area contributed by atoms with Crippen molar-refractivity contribution in [2.45, 2.75) is 13.8 Å². The average Bonchev–Trinajstić information content (AvgIpc) is 2.16. The number of hydrogen-bond donors (Lipinski definition) is 0. The van der Waals surface area contributed by atoms with E-state index in [2.05, 4.69) is 19.6 Å². The quantitative estimate of drug-likeness (QED) is 0.546. The van der Waals surface area contributed by atoms with Crippen LogP contribution in [-0.4, -0.2) is 12.5 Å². The highest BCUT2D eigenvalue weighted by molar-refractivity contribution is 6.19. The molecule has 0 fully saturated rings. The molecule has 1 aromatic carbocycles. The van der Waals surface area contributed by atoms with Crippen molar-refractivity contribution in [2.75, 3.05) is 12.5 Å². The molecule has 1 rings (SSSR count). The lowest BCUT2D eigenvalue weighted by atomic mass is 10.1. The summed E-state index contributed by atoms with van der Waals surface area (Å²) in [4.78, 5) is 0. The molecule has 0 heterocycles. The van der Waals surface area contributed by atoms with Gasteiger partial charge in [0.2, 0.25) is 0 Å². The first kappa shape index (κ1) is 11.1. The van der Waals surface area contributed by atoms with Gasteiger partial charge in [0, 0.05) is 5.88 Å². The van der Waals surface area contributed by atoms with Gasteiger partial charge < -0.3 is 4.74 Å². The molecule has 2 heteroatoms. The number of ether oxygens (including phenoxy) is 1. The van der Waals surface area contributed by atoms with Crippen LogP contribution in [0.25, 0.3) is 0 Å². The molecule has 0 N–H and O–H groups in total. The first-order valence-electron chi connectivity index (χ1n) is 4.56. The highest BCUT2D eigenvalue weighted by Crippen LogP contribution is 2.19. The fraction of sp³-hybridized carbons (Fsp3) is 0.333. The highest BCUT2D eigenvalue weighted by Gasteiger charge is 2.00. The minimum absolute atomic E-state index is 0.449. The van der Waals surface area contributed by atoms with E-state index in [4.69, 9.17) is 16.3 Å². The lowest BCUT2D eigenvalue weighted by Gasteiger charge is -2.09. The number of hydrogen-bond acceptors (Lipinski definition) is 1. The van der Waals surface area contributed by atoms with Crippen LogP contribution in [0.15, 0.2) is 30.4 Å². The molecule has 0 aromatic heterocycles. The highest BCUT2D eigenvalue weighted by atomic mass is 35.5. The van der Waals surface area contributed by atoms with Crippen molar-refractivity contribution in [3.05, 3.63) is 41.5 Å². The zero-order valence-corrected chi connectivity index (χ0v) is 9.40. The van der Waals surface area contributed by atoms with E-state index in [9.17, 15) is 0 Å². The molecule has 0 saturated carbocycles. The predicted octanol–water partition coefficient (Wildman–Crippen LogP) is 3.48. The van der Waals surface area contributed by atoms with Crippen molar-refractivity contribution < 1.29 is 4.74 Å². The number of alkyl halides is 1. The van der Waals surface area contributed by atoms with Gasteiger partial charge >= 0.3 is 0 Å². The van der Waals surface area contributed by atoms with Crippen LogP contribution in [0.2, 0.25) is 0 Å². The van der Waals surface area contributed by atoms with E-state index in [0.717, 1.165) is 16.9 Å². The van der Waals surface area contributed by atoms with Crippen molar-refractivity contribution in [3.63, 3.8) is 0 Å². The normalized spacial score (nSPS) is 9.93. The zero-order valence-electron chi connectivity index (χ0n) is 8.64. The summed E-state index contributed by atoms with van der Waals surface area (Å²) in [5.74, 6) is 1.35. The topological polar surface area (TPSA) is 9.23 Å². The van der Waals surface area contributed by atoms with Crippen molar-refractivity contribution in [3.8, 4) is 5.75 Å². The van der Waals surface area contributed by atoms with Crippen LogP contribution >= 0.6 is 11.6 Å². The Balaban J connectivity index is 2.63. The van der Waals surface area contributed by atoms with E-state index in [1.807, 2.05) is 19.1 Å². The third-order valence-electron chi connectivity index (χ3n) is 1.95. The predicted molar refractivity (Wildman–Crippen MR) is 61.3 cm³/mol. The van der Waals surface area contributed by atoms with Crippen molar-refractivity contribution >= 4 is 11.6 Å². The molecule has 0 aliphatic heterocycles. The molecule has 0 aliphatic rings. The standard InChI is InChI=1S/C12H15ClO/c1-9-4-5-12(11(3)6-9)14-8-10(2)7-13/h4-6H,2,7-8H2,1,3H3. The second-order valence-electron chi connectivity index (χ2n) is 3.44. The summed E-state index contributed by atoms with van der Waals surface area (Å²) < 4.78 is 5.56. The molecule has 0 aliphatic carbocycles. The third-order valence-corrected chi connectivity index (χ3v) is 2.33. The van der Waals surface area contributed by atoms with Gasteiger partial charge in [-0.25, -0.2) is 0 Å². The molecule has 76 valence electrons. The Kier molecular flexibility index (Phi) is 4.02. The number of halogens is 1. The molecular formula is C12H15ClO. The molecule has 1 aromatic rings. The molecule has 0 saturated heterocycles. The zero-order chi connectivity index (χ0) is 10.6. The summed E-state index contributed by atoms with van der Waals surface area (Å²) in [6.07, 6.45) is 0. The molecule has 0 bridgehead atoms. The van der Waals surface area contributed by atoms with Gasteiger partial charge in [-0.05, 0) is 31.1 Å². The van der Waals surface area contributed by atoms with Crippen LogP contribution in [0.4, 0.5) is 0 Å². The van der Waals surface area contributed by atoms with Crippen LogP contribution in [0.1, 0.15) is 11.1 Å². The Morgan fingerprint density at radius 3 is 2.71 bits per heavy atom. The van der Waals surface area contributed by atoms with Crippen molar-refractivity contribution in [1.82, 2.24) is 0 Å². The number of rotatable bonds is 4. The average molecular weight is 211 g/mol. The molecule has 0 unspecified atom stereocenters. The van der Waals surface area contributed by atoms with E-state index in [-0.39, 0.29) is 0 Å². The summed E-state index contributed by atoms with van der Waals surface area (Å²) in [7, 11) is 0. The molecule has 1 nitrogen and oxygen atoms in total. The van der Waals surface area contributed by atoms with E-state index in [0.29, 0.717) is 12.5 Å². The second-order valence-corrected chi connectivity index (χ2v) is 3.71. The molecule has 0 radical (unpaired) electrons. The Bertz CT molecular complexity index is 331. The van der Waals surface area contributed by atoms with Gasteiger partial charge in [0.15, 0.2) is 0 Å². The summed E-state index contributed by atoms with van der Waals surface area (Å²) in [5.41, 5.74) is 3.28. The fourth-order valence-corrected chi connectivity index (χ4v) is 1.26. The second kappa shape index (κ2) is 5.06. The van der Waals surface area contributed by atoms with E-state index in [1.165, 1.54) is 5.56 Å². The van der Waals surface area contributed by atoms with Gasteiger partial charge in [0.1, 0.15) is 12.4 Å². The maximum Gasteiger partial charge on any atom is 0.122 e. The number of aryl methyl sites for hydroxylation is 2. The maximum atomic E-state index is 5.60. The summed E-state index contributed by atoms with van der Waals surface area (Å²) in [6, 6.07) is 6.11. The minimum Gasteiger partial charge on any atom is -0.489 e. The molecule has 0 spiro atoms. The van der Waals surface area contributed by atoms with Gasteiger partial charge in [-0.1, -0.05) is 24.3 Å². The lowest BCUT2D eigenvalue weighted by molar-refractivity contribution is 0.350. The van der Waals surface area contributed by atoms with Crippen LogP contribution in [0.5, 0.6) is 5.75 Å². The Morgan fingerprint density at radius 1 is 1.43 bits per heavy atom. The molecule has 14 heavy (non-hydrogen) atoms. The molecule has 0 amide bonds. The van der Waals surface area contributed by atoms with E-state index < -0.39 is 0 Å². The van der Waals surface area contributed by atoms with Crippen molar-refractivity contribution in [1.29, 1.82) is 0 Å². The maximum absolute atomic E-state index is 5.60. The van der Waals surface area contributed by atoms with Crippen LogP contribution in [0, 0.1) is 13.8 Å². The monoisotopic (exact) mass is 210 g/mol. The van der Waals surface area contributed by atoms with Gasteiger partial charge in [0.25, 0.3) is 0 Å². The van der Waals surface area contributed by atoms with Crippen molar-refractivity contribution in [2.24, 2.45) is 0 Å². The van der Waals surface area contributed by atoms with E-state index >= 15 is 0 Å². The largest absolute Gasteiger partial charge is 0.489 e. The van der Waals surface area contributed by atoms with Crippen LogP contribution in [0.3, 0.4) is 0 Å². The lowest BCUT2D eigenvalue weighted by Crippen LogP contribution is -2.02. The summed E-state index contributed by atoms with van der Waals surface area (Å²) in [6.45, 7) is 8.37. The SMILES string of the molecule is C=C(CCl)COc1ccc(C)cc1C. The minimum atomic E-state index is 0.449. The Morgan fingerprint density at radius 2 is 2.14 bits per heavy atom.